The Morgan fingerprint density at radius 3 is 2.59 bits per heavy atom. The summed E-state index contributed by atoms with van der Waals surface area (Å²) in [6.45, 7) is 7.90. The molecule has 1 unspecified atom stereocenters. The molecule has 44 heavy (non-hydrogen) atoms. The number of ether oxygens (including phenoxy) is 1. The van der Waals surface area contributed by atoms with E-state index in [-0.39, 0.29) is 30.6 Å². The fourth-order valence-electron chi connectivity index (χ4n) is 6.75. The number of hydrogen-bond donors (Lipinski definition) is 2. The van der Waals surface area contributed by atoms with E-state index in [1.54, 1.807) is 0 Å². The minimum absolute atomic E-state index is 0.103. The SMILES string of the molecule is Cc1c(-c2nc3c(o2)CN([C@@H](C(C)CO)[C@H]2CO2)C3)cccc1-c1cccc(NC(=O)c2nc3c(n2C)CCN(C)C3)c1Cl. The molecular formula is C33H37ClN6O4. The molecule has 0 saturated carbocycles. The number of likely N-dealkylation sites (N-methyl/N-ethyl adjacent to an activating group) is 1. The number of aliphatic hydroxyl groups excluding tert-OH is 1. The molecule has 10 nitrogen and oxygen atoms in total. The number of nitrogens with one attached hydrogen (secondary N) is 1. The number of imidazole rings is 1. The Morgan fingerprint density at radius 2 is 1.84 bits per heavy atom. The predicted molar refractivity (Wildman–Crippen MR) is 167 cm³/mol. The van der Waals surface area contributed by atoms with Crippen molar-refractivity contribution in [3.63, 3.8) is 0 Å². The summed E-state index contributed by atoms with van der Waals surface area (Å²) >= 11 is 6.96. The number of hydrogen-bond acceptors (Lipinski definition) is 8. The summed E-state index contributed by atoms with van der Waals surface area (Å²) in [5, 5.41) is 13.2. The third-order valence-corrected chi connectivity index (χ3v) is 9.67. The van der Waals surface area contributed by atoms with Gasteiger partial charge in [0.05, 0.1) is 41.4 Å². The molecule has 2 aromatic heterocycles. The number of carbonyl (C=O) groups is 1. The second-order valence-electron chi connectivity index (χ2n) is 12.3. The number of rotatable bonds is 8. The van der Waals surface area contributed by atoms with Crippen LogP contribution in [0.4, 0.5) is 5.69 Å². The highest BCUT2D eigenvalue weighted by Gasteiger charge is 2.43. The number of epoxide rings is 1. The summed E-state index contributed by atoms with van der Waals surface area (Å²) in [5.74, 6) is 1.62. The molecule has 0 radical (unpaired) electrons. The van der Waals surface area contributed by atoms with Gasteiger partial charge in [0.1, 0.15) is 5.76 Å². The highest BCUT2D eigenvalue weighted by atomic mass is 35.5. The van der Waals surface area contributed by atoms with E-state index < -0.39 is 0 Å². The second kappa shape index (κ2) is 11.4. The van der Waals surface area contributed by atoms with Gasteiger partial charge in [-0.15, -0.1) is 0 Å². The molecule has 3 aliphatic heterocycles. The van der Waals surface area contributed by atoms with Gasteiger partial charge in [0.2, 0.25) is 5.89 Å². The molecule has 3 aliphatic rings. The van der Waals surface area contributed by atoms with Crippen molar-refractivity contribution in [3.05, 3.63) is 75.7 Å². The molecule has 4 aromatic rings. The molecule has 11 heteroatoms. The van der Waals surface area contributed by atoms with E-state index in [2.05, 4.69) is 34.1 Å². The van der Waals surface area contributed by atoms with Crippen molar-refractivity contribution in [1.29, 1.82) is 0 Å². The normalized spacial score (nSPS) is 19.5. The van der Waals surface area contributed by atoms with E-state index >= 15 is 0 Å². The Balaban J connectivity index is 1.13. The van der Waals surface area contributed by atoms with Gasteiger partial charge >= 0.3 is 0 Å². The fraction of sp³-hybridized carbons (Fsp3) is 0.424. The molecule has 230 valence electrons. The summed E-state index contributed by atoms with van der Waals surface area (Å²) in [4.78, 5) is 27.4. The van der Waals surface area contributed by atoms with Crippen molar-refractivity contribution in [2.24, 2.45) is 13.0 Å². The Hall–Kier alpha value is -3.54. The van der Waals surface area contributed by atoms with Crippen molar-refractivity contribution in [3.8, 4) is 22.6 Å². The second-order valence-corrected chi connectivity index (χ2v) is 12.7. The topological polar surface area (TPSA) is 112 Å². The van der Waals surface area contributed by atoms with Crippen LogP contribution in [0.3, 0.4) is 0 Å². The van der Waals surface area contributed by atoms with E-state index in [4.69, 9.17) is 25.7 Å². The smallest absolute Gasteiger partial charge is 0.291 e. The van der Waals surface area contributed by atoms with Crippen LogP contribution in [0.2, 0.25) is 5.02 Å². The van der Waals surface area contributed by atoms with Gasteiger partial charge in [-0.25, -0.2) is 9.97 Å². The zero-order chi connectivity index (χ0) is 30.7. The van der Waals surface area contributed by atoms with Gasteiger partial charge in [0, 0.05) is 62.6 Å². The molecule has 0 aliphatic carbocycles. The van der Waals surface area contributed by atoms with E-state index in [1.807, 2.05) is 54.9 Å². The molecule has 2 N–H and O–H groups in total. The summed E-state index contributed by atoms with van der Waals surface area (Å²) in [5.41, 5.74) is 7.10. The molecule has 0 spiro atoms. The molecule has 7 rings (SSSR count). The third kappa shape index (κ3) is 5.14. The van der Waals surface area contributed by atoms with E-state index in [9.17, 15) is 9.90 Å². The van der Waals surface area contributed by atoms with E-state index in [1.165, 1.54) is 0 Å². The lowest BCUT2D eigenvalue weighted by molar-refractivity contribution is 0.0780. The highest BCUT2D eigenvalue weighted by Crippen LogP contribution is 2.40. The van der Waals surface area contributed by atoms with Gasteiger partial charge in [-0.1, -0.05) is 42.8 Å². The number of anilines is 1. The zero-order valence-corrected chi connectivity index (χ0v) is 26.2. The van der Waals surface area contributed by atoms with Crippen LogP contribution in [0.5, 0.6) is 0 Å². The minimum Gasteiger partial charge on any atom is -0.439 e. The van der Waals surface area contributed by atoms with Crippen LogP contribution in [-0.2, 0) is 37.8 Å². The maximum absolute atomic E-state index is 13.4. The van der Waals surface area contributed by atoms with E-state index in [0.29, 0.717) is 35.5 Å². The molecule has 5 heterocycles. The van der Waals surface area contributed by atoms with Crippen molar-refractivity contribution < 1.29 is 19.1 Å². The molecule has 3 atom stereocenters. The van der Waals surface area contributed by atoms with Gasteiger partial charge < -0.3 is 29.0 Å². The van der Waals surface area contributed by atoms with Crippen molar-refractivity contribution >= 4 is 23.2 Å². The number of carbonyl (C=O) groups excluding carboxylic acids is 1. The Labute approximate surface area is 261 Å². The maximum atomic E-state index is 13.4. The summed E-state index contributed by atoms with van der Waals surface area (Å²) in [6, 6.07) is 11.8. The van der Waals surface area contributed by atoms with Gasteiger partial charge in [-0.3, -0.25) is 9.69 Å². The van der Waals surface area contributed by atoms with E-state index in [0.717, 1.165) is 71.2 Å². The summed E-state index contributed by atoms with van der Waals surface area (Å²) < 4.78 is 13.8. The van der Waals surface area contributed by atoms with Crippen LogP contribution in [-0.4, -0.2) is 74.3 Å². The number of fused-ring (bicyclic) bond motifs is 2. The molecule has 1 fully saturated rings. The first-order valence-electron chi connectivity index (χ1n) is 15.1. The predicted octanol–water partition coefficient (Wildman–Crippen LogP) is 4.66. The molecule has 0 bridgehead atoms. The molecule has 1 amide bonds. The first-order chi connectivity index (χ1) is 21.2. The zero-order valence-electron chi connectivity index (χ0n) is 25.4. The van der Waals surface area contributed by atoms with Crippen LogP contribution in [0, 0.1) is 12.8 Å². The lowest BCUT2D eigenvalue weighted by Gasteiger charge is -2.30. The third-order valence-electron chi connectivity index (χ3n) is 9.26. The van der Waals surface area contributed by atoms with Crippen LogP contribution in [0.25, 0.3) is 22.6 Å². The maximum Gasteiger partial charge on any atom is 0.291 e. The number of aliphatic hydroxyl groups is 1. The summed E-state index contributed by atoms with van der Waals surface area (Å²) in [7, 11) is 3.95. The van der Waals surface area contributed by atoms with Gasteiger partial charge in [-0.05, 0) is 43.1 Å². The van der Waals surface area contributed by atoms with Crippen LogP contribution >= 0.6 is 11.6 Å². The Bertz CT molecular complexity index is 1720. The average molecular weight is 617 g/mol. The number of halogens is 1. The number of aromatic nitrogens is 3. The van der Waals surface area contributed by atoms with Crippen molar-refractivity contribution in [1.82, 2.24) is 24.3 Å². The van der Waals surface area contributed by atoms with Gasteiger partial charge in [-0.2, -0.15) is 0 Å². The monoisotopic (exact) mass is 616 g/mol. The number of benzene rings is 2. The van der Waals surface area contributed by atoms with Crippen LogP contribution in [0.15, 0.2) is 40.8 Å². The van der Waals surface area contributed by atoms with Crippen molar-refractivity contribution in [2.75, 3.05) is 32.1 Å². The van der Waals surface area contributed by atoms with Crippen LogP contribution in [0.1, 0.15) is 45.9 Å². The average Bonchev–Trinajstić information content (AvgIpc) is 3.52. The highest BCUT2D eigenvalue weighted by molar-refractivity contribution is 6.36. The Morgan fingerprint density at radius 1 is 1.09 bits per heavy atom. The summed E-state index contributed by atoms with van der Waals surface area (Å²) in [6.07, 6.45) is 1.01. The first-order valence-corrected chi connectivity index (χ1v) is 15.5. The Kier molecular flexibility index (Phi) is 7.58. The first kappa shape index (κ1) is 29.2. The lowest BCUT2D eigenvalue weighted by atomic mass is 9.96. The largest absolute Gasteiger partial charge is 0.439 e. The van der Waals surface area contributed by atoms with Gasteiger partial charge in [0.15, 0.2) is 5.82 Å². The standard InChI is InChI=1S/C33H37ClN6O4/c1-18(16-41)30(28-17-43-28)40-14-25-27(15-40)44-33(37-25)21-8-5-7-20(19(21)2)22-9-6-10-23(29(22)34)36-32(42)31-35-24-13-38(3)12-11-26(24)39(31)4/h5-10,18,28,30,41H,11-17H2,1-4H3,(H,36,42)/t18?,28-,30+/m1/s1. The van der Waals surface area contributed by atoms with Gasteiger partial charge in [0.25, 0.3) is 5.91 Å². The molecular weight excluding hydrogens is 580 g/mol. The number of nitrogens with zero attached hydrogens (tertiary/aromatic N) is 5. The molecule has 1 saturated heterocycles. The van der Waals surface area contributed by atoms with Crippen LogP contribution < -0.4 is 5.32 Å². The number of oxazole rings is 1. The number of amides is 1. The lowest BCUT2D eigenvalue weighted by Crippen LogP contribution is -2.42. The van der Waals surface area contributed by atoms with Crippen molar-refractivity contribution in [2.45, 2.75) is 52.0 Å². The quantitative estimate of drug-likeness (QED) is 0.275. The minimum atomic E-state index is -0.290. The fourth-order valence-corrected chi connectivity index (χ4v) is 7.02. The molecule has 2 aromatic carbocycles.